The van der Waals surface area contributed by atoms with Crippen LogP contribution in [0.15, 0.2) is 60.8 Å². The van der Waals surface area contributed by atoms with Gasteiger partial charge in [0.1, 0.15) is 23.5 Å². The highest BCUT2D eigenvalue weighted by Crippen LogP contribution is 2.28. The Morgan fingerprint density at radius 2 is 1.76 bits per heavy atom. The Balaban J connectivity index is 1.60. The van der Waals surface area contributed by atoms with Gasteiger partial charge in [-0.2, -0.15) is 8.42 Å². The predicted molar refractivity (Wildman–Crippen MR) is 139 cm³/mol. The summed E-state index contributed by atoms with van der Waals surface area (Å²) in [4.78, 5) is 31.8. The van der Waals surface area contributed by atoms with Gasteiger partial charge in [-0.05, 0) is 60.0 Å². The summed E-state index contributed by atoms with van der Waals surface area (Å²) in [6, 6.07) is 9.86. The average Bonchev–Trinajstić information content (AvgIpc) is 3.31. The third-order valence-corrected chi connectivity index (χ3v) is 7.84. The van der Waals surface area contributed by atoms with E-state index in [0.29, 0.717) is 28.8 Å². The van der Waals surface area contributed by atoms with Gasteiger partial charge in [-0.25, -0.2) is 27.6 Å². The second-order valence-corrected chi connectivity index (χ2v) is 10.8. The Bertz CT molecular complexity index is 1450. The fraction of sp³-hybridized carbons (Fsp3) is 0.240. The molecule has 0 bridgehead atoms. The van der Waals surface area contributed by atoms with Crippen molar-refractivity contribution in [3.63, 3.8) is 0 Å². The molecule has 38 heavy (non-hydrogen) atoms. The lowest BCUT2D eigenvalue weighted by atomic mass is 9.92. The van der Waals surface area contributed by atoms with Crippen LogP contribution in [0.4, 0.5) is 25.1 Å². The average molecular weight is 564 g/mol. The number of hydrogen-bond acceptors (Lipinski definition) is 5. The lowest BCUT2D eigenvalue weighted by Crippen LogP contribution is -2.55. The van der Waals surface area contributed by atoms with Gasteiger partial charge in [0.15, 0.2) is 0 Å². The van der Waals surface area contributed by atoms with Crippen LogP contribution in [0.1, 0.15) is 24.0 Å². The number of benzene rings is 2. The molecule has 3 aromatic rings. The maximum absolute atomic E-state index is 14.0. The molecule has 0 spiro atoms. The molecule has 2 aromatic carbocycles. The molecule has 2 heterocycles. The fourth-order valence-electron chi connectivity index (χ4n) is 4.19. The normalized spacial score (nSPS) is 14.4. The van der Waals surface area contributed by atoms with Crippen molar-refractivity contribution in [2.24, 2.45) is 0 Å². The number of aromatic nitrogens is 1. The number of likely N-dealkylation sites (N-methyl/N-ethyl adjacent to an activating group) is 1. The van der Waals surface area contributed by atoms with E-state index in [4.69, 9.17) is 11.6 Å². The van der Waals surface area contributed by atoms with Gasteiger partial charge in [-0.1, -0.05) is 24.6 Å². The largest absolute Gasteiger partial charge is 0.330 e. The summed E-state index contributed by atoms with van der Waals surface area (Å²) in [5.41, 5.74) is 1.22. The van der Waals surface area contributed by atoms with Crippen LogP contribution in [0.2, 0.25) is 5.02 Å². The summed E-state index contributed by atoms with van der Waals surface area (Å²) in [5.74, 6) is -3.14. The lowest BCUT2D eigenvalue weighted by Gasteiger charge is -2.29. The van der Waals surface area contributed by atoms with Crippen molar-refractivity contribution in [3.8, 4) is 0 Å². The van der Waals surface area contributed by atoms with Crippen LogP contribution >= 0.6 is 11.6 Å². The fourth-order valence-corrected chi connectivity index (χ4v) is 5.44. The minimum absolute atomic E-state index is 0.0790. The van der Waals surface area contributed by atoms with E-state index in [1.165, 1.54) is 25.1 Å². The molecule has 0 saturated carbocycles. The Hall–Kier alpha value is -3.77. The maximum Gasteiger partial charge on any atom is 0.330 e. The molecule has 200 valence electrons. The first kappa shape index (κ1) is 27.3. The zero-order valence-electron chi connectivity index (χ0n) is 20.4. The molecule has 2 atom stereocenters. The number of nitrogens with one attached hydrogen (secondary N) is 2. The van der Waals surface area contributed by atoms with Crippen molar-refractivity contribution >= 4 is 45.3 Å². The molecule has 13 heteroatoms. The van der Waals surface area contributed by atoms with E-state index in [-0.39, 0.29) is 17.9 Å². The minimum atomic E-state index is -4.38. The van der Waals surface area contributed by atoms with Gasteiger partial charge in [0.05, 0.1) is 0 Å². The van der Waals surface area contributed by atoms with Crippen LogP contribution in [0, 0.1) is 11.6 Å². The number of urea groups is 1. The second-order valence-electron chi connectivity index (χ2n) is 8.73. The van der Waals surface area contributed by atoms with Gasteiger partial charge in [-0.15, -0.1) is 0 Å². The first-order valence-corrected chi connectivity index (χ1v) is 13.3. The Morgan fingerprint density at radius 3 is 2.42 bits per heavy atom. The highest BCUT2D eigenvalue weighted by Gasteiger charge is 2.35. The summed E-state index contributed by atoms with van der Waals surface area (Å²) >= 11 is 5.93. The topological polar surface area (TPSA) is 112 Å². The van der Waals surface area contributed by atoms with E-state index in [1.54, 1.807) is 36.4 Å². The van der Waals surface area contributed by atoms with E-state index in [1.807, 2.05) is 4.72 Å². The number of halogens is 3. The third kappa shape index (κ3) is 5.86. The predicted octanol–water partition coefficient (Wildman–Crippen LogP) is 3.76. The van der Waals surface area contributed by atoms with Gasteiger partial charge in [-0.3, -0.25) is 4.79 Å². The highest BCUT2D eigenvalue weighted by molar-refractivity contribution is 7.91. The summed E-state index contributed by atoms with van der Waals surface area (Å²) < 4.78 is 56.7. The number of amides is 3. The Morgan fingerprint density at radius 1 is 1.11 bits per heavy atom. The van der Waals surface area contributed by atoms with Crippen molar-refractivity contribution < 1.29 is 26.8 Å². The zero-order chi connectivity index (χ0) is 27.6. The summed E-state index contributed by atoms with van der Waals surface area (Å²) in [6.45, 7) is 1.57. The van der Waals surface area contributed by atoms with E-state index in [2.05, 4.69) is 10.3 Å². The van der Waals surface area contributed by atoms with Crippen molar-refractivity contribution in [2.45, 2.75) is 25.3 Å². The molecule has 3 amide bonds. The van der Waals surface area contributed by atoms with Gasteiger partial charge in [0.25, 0.3) is 0 Å². The summed E-state index contributed by atoms with van der Waals surface area (Å²) in [5, 5.41) is 2.82. The summed E-state index contributed by atoms with van der Waals surface area (Å²) in [7, 11) is -2.93. The molecule has 1 aliphatic rings. The first-order valence-electron chi connectivity index (χ1n) is 11.5. The maximum atomic E-state index is 14.0. The molecule has 1 aromatic heterocycles. The molecular formula is C25H24ClF2N5O4S. The number of hydrogen-bond donors (Lipinski definition) is 2. The van der Waals surface area contributed by atoms with Crippen LogP contribution in [0.5, 0.6) is 0 Å². The van der Waals surface area contributed by atoms with Crippen LogP contribution in [0.25, 0.3) is 0 Å². The molecule has 0 saturated heterocycles. The number of carbonyl (C=O) groups is 2. The molecule has 0 unspecified atom stereocenters. The molecule has 1 aliphatic heterocycles. The third-order valence-electron chi connectivity index (χ3n) is 6.21. The van der Waals surface area contributed by atoms with Crippen molar-refractivity contribution in [3.05, 3.63) is 88.6 Å². The van der Waals surface area contributed by atoms with E-state index >= 15 is 0 Å². The molecule has 0 fully saturated rings. The standard InChI is InChI=1S/C25H24ClF2N5O4S/c1-15(17-12-19(27)14-20(28)13-17)22(24(34)32(2)21-7-5-18(26)6-8-21)30-25(35)31-38(36,37)33-11-9-16-4-3-10-29-23(16)33/h3-8,10,12-15,22H,9,11H2,1-2H3,(H2,30,31,35)/t15-,22+/m1/s1. The van der Waals surface area contributed by atoms with E-state index < -0.39 is 45.7 Å². The van der Waals surface area contributed by atoms with Crippen LogP contribution in [-0.4, -0.2) is 45.0 Å². The molecular weight excluding hydrogens is 540 g/mol. The minimum Gasteiger partial charge on any atom is -0.325 e. The van der Waals surface area contributed by atoms with Gasteiger partial charge < -0.3 is 10.2 Å². The number of anilines is 2. The molecule has 0 radical (unpaired) electrons. The number of fused-ring (bicyclic) bond motifs is 1. The lowest BCUT2D eigenvalue weighted by molar-refractivity contribution is -0.120. The van der Waals surface area contributed by atoms with Crippen LogP contribution in [-0.2, 0) is 21.4 Å². The second kappa shape index (κ2) is 10.9. The van der Waals surface area contributed by atoms with Gasteiger partial charge in [0.2, 0.25) is 5.91 Å². The molecule has 4 rings (SSSR count). The highest BCUT2D eigenvalue weighted by atomic mass is 35.5. The SMILES string of the molecule is C[C@H](c1cc(F)cc(F)c1)[C@H](NC(=O)NS(=O)(=O)N1CCc2cccnc21)C(=O)N(C)c1ccc(Cl)cc1. The van der Waals surface area contributed by atoms with Crippen LogP contribution < -0.4 is 19.2 Å². The smallest absolute Gasteiger partial charge is 0.325 e. The number of pyridine rings is 1. The van der Waals surface area contributed by atoms with E-state index in [0.717, 1.165) is 16.4 Å². The monoisotopic (exact) mass is 563 g/mol. The van der Waals surface area contributed by atoms with Crippen molar-refractivity contribution in [1.82, 2.24) is 15.0 Å². The van der Waals surface area contributed by atoms with Gasteiger partial charge >= 0.3 is 16.2 Å². The Kier molecular flexibility index (Phi) is 7.83. The van der Waals surface area contributed by atoms with Crippen LogP contribution in [0.3, 0.4) is 0 Å². The van der Waals surface area contributed by atoms with Crippen molar-refractivity contribution in [1.29, 1.82) is 0 Å². The quantitative estimate of drug-likeness (QED) is 0.455. The number of carbonyl (C=O) groups excluding carboxylic acids is 2. The van der Waals surface area contributed by atoms with Crippen molar-refractivity contribution in [2.75, 3.05) is 22.8 Å². The molecule has 9 nitrogen and oxygen atoms in total. The Labute approximate surface area is 223 Å². The number of rotatable bonds is 7. The zero-order valence-corrected chi connectivity index (χ0v) is 21.9. The van der Waals surface area contributed by atoms with E-state index in [9.17, 15) is 26.8 Å². The number of nitrogens with zero attached hydrogens (tertiary/aromatic N) is 3. The van der Waals surface area contributed by atoms with Gasteiger partial charge in [0, 0.05) is 42.5 Å². The molecule has 0 aliphatic carbocycles. The summed E-state index contributed by atoms with van der Waals surface area (Å²) in [6.07, 6.45) is 1.86. The molecule has 2 N–H and O–H groups in total. The first-order chi connectivity index (χ1) is 18.0.